The van der Waals surface area contributed by atoms with Gasteiger partial charge in [-0.05, 0) is 72.0 Å². The minimum absolute atomic E-state index is 0.113. The molecule has 0 aliphatic carbocycles. The number of piperidine rings is 1. The monoisotopic (exact) mass is 296 g/mol. The van der Waals surface area contributed by atoms with Gasteiger partial charge in [0, 0.05) is 24.2 Å². The molecule has 4 nitrogen and oxygen atoms in total. The lowest BCUT2D eigenvalue weighted by atomic mass is 9.90. The average molecular weight is 297 g/mol. The van der Waals surface area contributed by atoms with Crippen LogP contribution in [0.2, 0.25) is 0 Å². The Balaban J connectivity index is 2.00. The summed E-state index contributed by atoms with van der Waals surface area (Å²) in [6.45, 7) is 11.4. The Bertz CT molecular complexity index is 299. The summed E-state index contributed by atoms with van der Waals surface area (Å²) >= 11 is 0. The van der Waals surface area contributed by atoms with E-state index in [1.807, 2.05) is 0 Å². The molecule has 2 fully saturated rings. The van der Waals surface area contributed by atoms with Crippen LogP contribution in [0.4, 0.5) is 0 Å². The van der Waals surface area contributed by atoms with E-state index in [1.54, 1.807) is 0 Å². The summed E-state index contributed by atoms with van der Waals surface area (Å²) in [4.78, 5) is 2.61. The van der Waals surface area contributed by atoms with Gasteiger partial charge in [0.1, 0.15) is 0 Å². The van der Waals surface area contributed by atoms with Crippen molar-refractivity contribution in [3.8, 4) is 0 Å². The second-order valence-electron chi connectivity index (χ2n) is 7.33. The molecule has 3 atom stereocenters. The van der Waals surface area contributed by atoms with E-state index in [-0.39, 0.29) is 5.54 Å². The van der Waals surface area contributed by atoms with Crippen molar-refractivity contribution in [3.63, 3.8) is 0 Å². The third kappa shape index (κ3) is 4.41. The van der Waals surface area contributed by atoms with Crippen LogP contribution in [0.25, 0.3) is 0 Å². The molecule has 0 bridgehead atoms. The Morgan fingerprint density at radius 1 is 1.10 bits per heavy atom. The van der Waals surface area contributed by atoms with Gasteiger partial charge >= 0.3 is 0 Å². The second kappa shape index (κ2) is 7.91. The molecule has 0 aromatic carbocycles. The maximum absolute atomic E-state index is 6.23. The van der Waals surface area contributed by atoms with E-state index in [0.717, 1.165) is 6.54 Å². The highest BCUT2D eigenvalue weighted by Crippen LogP contribution is 2.27. The second-order valence-corrected chi connectivity index (χ2v) is 7.33. The number of hydrogen-bond acceptors (Lipinski definition) is 4. The van der Waals surface area contributed by atoms with Gasteiger partial charge in [0.15, 0.2) is 0 Å². The molecule has 21 heavy (non-hydrogen) atoms. The van der Waals surface area contributed by atoms with Crippen LogP contribution in [0.15, 0.2) is 0 Å². The van der Waals surface area contributed by atoms with E-state index in [4.69, 9.17) is 5.73 Å². The summed E-state index contributed by atoms with van der Waals surface area (Å²) in [6.07, 6.45) is 8.88. The molecule has 3 unspecified atom stereocenters. The minimum Gasteiger partial charge on any atom is -0.329 e. The van der Waals surface area contributed by atoms with Gasteiger partial charge in [0.25, 0.3) is 0 Å². The lowest BCUT2D eigenvalue weighted by Crippen LogP contribution is -2.63. The molecule has 0 saturated carbocycles. The summed E-state index contributed by atoms with van der Waals surface area (Å²) in [5.74, 6) is 0. The maximum atomic E-state index is 6.23. The Morgan fingerprint density at radius 3 is 2.43 bits per heavy atom. The number of hydrogen-bond donors (Lipinski definition) is 2. The van der Waals surface area contributed by atoms with E-state index in [2.05, 4.69) is 36.1 Å². The average Bonchev–Trinajstić information content (AvgIpc) is 2.67. The van der Waals surface area contributed by atoms with E-state index in [0.29, 0.717) is 12.1 Å². The molecule has 3 N–H and O–H groups in total. The normalized spacial score (nSPS) is 36.6. The first-order valence-corrected chi connectivity index (χ1v) is 9.09. The number of nitrogens with zero attached hydrogens (tertiary/aromatic N) is 2. The summed E-state index contributed by atoms with van der Waals surface area (Å²) in [5.41, 5.74) is 10.2. The van der Waals surface area contributed by atoms with Crippen molar-refractivity contribution in [2.45, 2.75) is 83.3 Å². The standard InChI is InChI=1S/C17H36N4/c1-4-11-20-12-6-9-17(14-18,10-13-20)19-21-15(2)7-5-8-16(21)3/h15-16,19H,4-14,18H2,1-3H3. The molecule has 2 saturated heterocycles. The highest BCUT2D eigenvalue weighted by molar-refractivity contribution is 4.93. The predicted molar refractivity (Wildman–Crippen MR) is 90.1 cm³/mol. The molecule has 124 valence electrons. The predicted octanol–water partition coefficient (Wildman–Crippen LogP) is 2.35. The Kier molecular flexibility index (Phi) is 6.48. The first-order chi connectivity index (χ1) is 10.1. The molecule has 0 radical (unpaired) electrons. The number of likely N-dealkylation sites (tertiary alicyclic amines) is 1. The summed E-state index contributed by atoms with van der Waals surface area (Å²) in [5, 5.41) is 2.52. The van der Waals surface area contributed by atoms with Crippen molar-refractivity contribution in [1.82, 2.24) is 15.3 Å². The fourth-order valence-electron chi connectivity index (χ4n) is 4.07. The molecule has 2 heterocycles. The first kappa shape index (κ1) is 17.2. The lowest BCUT2D eigenvalue weighted by Gasteiger charge is -2.46. The Morgan fingerprint density at radius 2 is 1.81 bits per heavy atom. The molecule has 0 aromatic rings. The molecule has 0 spiro atoms. The van der Waals surface area contributed by atoms with Gasteiger partial charge in [-0.25, -0.2) is 10.4 Å². The Labute approximate surface area is 131 Å². The van der Waals surface area contributed by atoms with Crippen molar-refractivity contribution < 1.29 is 0 Å². The van der Waals surface area contributed by atoms with Crippen molar-refractivity contribution in [3.05, 3.63) is 0 Å². The molecule has 2 rings (SSSR count). The van der Waals surface area contributed by atoms with E-state index in [9.17, 15) is 0 Å². The zero-order valence-corrected chi connectivity index (χ0v) is 14.4. The summed E-state index contributed by atoms with van der Waals surface area (Å²) in [6, 6.07) is 1.26. The van der Waals surface area contributed by atoms with E-state index < -0.39 is 0 Å². The van der Waals surface area contributed by atoms with Gasteiger partial charge in [0.05, 0.1) is 0 Å². The highest BCUT2D eigenvalue weighted by Gasteiger charge is 2.36. The van der Waals surface area contributed by atoms with Crippen LogP contribution >= 0.6 is 0 Å². The van der Waals surface area contributed by atoms with Crippen LogP contribution < -0.4 is 11.2 Å². The quantitative estimate of drug-likeness (QED) is 0.817. The highest BCUT2D eigenvalue weighted by atomic mass is 15.6. The van der Waals surface area contributed by atoms with Gasteiger partial charge < -0.3 is 10.6 Å². The van der Waals surface area contributed by atoms with Crippen molar-refractivity contribution in [2.24, 2.45) is 5.73 Å². The molecular formula is C17H36N4. The smallest absolute Gasteiger partial charge is 0.0460 e. The molecule has 2 aliphatic heterocycles. The van der Waals surface area contributed by atoms with Gasteiger partial charge in [-0.2, -0.15) is 0 Å². The van der Waals surface area contributed by atoms with Gasteiger partial charge in [-0.3, -0.25) is 0 Å². The molecule has 0 amide bonds. The van der Waals surface area contributed by atoms with Crippen molar-refractivity contribution in [2.75, 3.05) is 26.2 Å². The first-order valence-electron chi connectivity index (χ1n) is 9.09. The summed E-state index contributed by atoms with van der Waals surface area (Å²) in [7, 11) is 0. The zero-order valence-electron chi connectivity index (χ0n) is 14.4. The zero-order chi connectivity index (χ0) is 15.3. The summed E-state index contributed by atoms with van der Waals surface area (Å²) < 4.78 is 0. The van der Waals surface area contributed by atoms with E-state index >= 15 is 0 Å². The topological polar surface area (TPSA) is 44.5 Å². The van der Waals surface area contributed by atoms with Gasteiger partial charge in [-0.15, -0.1) is 0 Å². The van der Waals surface area contributed by atoms with Crippen LogP contribution in [-0.2, 0) is 0 Å². The van der Waals surface area contributed by atoms with Gasteiger partial charge in [-0.1, -0.05) is 13.3 Å². The molecule has 4 heteroatoms. The third-order valence-corrected chi connectivity index (χ3v) is 5.53. The number of hydrazine groups is 1. The molecular weight excluding hydrogens is 260 g/mol. The third-order valence-electron chi connectivity index (χ3n) is 5.53. The van der Waals surface area contributed by atoms with Crippen molar-refractivity contribution >= 4 is 0 Å². The SMILES string of the molecule is CCCN1CCCC(CN)(NN2C(C)CCCC2C)CC1. The fourth-order valence-corrected chi connectivity index (χ4v) is 4.07. The van der Waals surface area contributed by atoms with E-state index in [1.165, 1.54) is 64.6 Å². The maximum Gasteiger partial charge on any atom is 0.0460 e. The fraction of sp³-hybridized carbons (Fsp3) is 1.00. The number of rotatable bonds is 5. The number of nitrogens with two attached hydrogens (primary N) is 1. The van der Waals surface area contributed by atoms with Gasteiger partial charge in [0.2, 0.25) is 0 Å². The minimum atomic E-state index is 0.113. The van der Waals surface area contributed by atoms with Crippen LogP contribution in [0.1, 0.15) is 65.7 Å². The van der Waals surface area contributed by atoms with Crippen LogP contribution in [0, 0.1) is 0 Å². The largest absolute Gasteiger partial charge is 0.329 e. The lowest BCUT2D eigenvalue weighted by molar-refractivity contribution is -0.00269. The molecule has 2 aliphatic rings. The van der Waals surface area contributed by atoms with Crippen LogP contribution in [0.3, 0.4) is 0 Å². The Hall–Kier alpha value is -0.160. The van der Waals surface area contributed by atoms with Crippen LogP contribution in [-0.4, -0.2) is 53.7 Å². The van der Waals surface area contributed by atoms with Crippen molar-refractivity contribution in [1.29, 1.82) is 0 Å². The van der Waals surface area contributed by atoms with Crippen LogP contribution in [0.5, 0.6) is 0 Å². The number of nitrogens with one attached hydrogen (secondary N) is 1. The molecule has 0 aromatic heterocycles.